The predicted octanol–water partition coefficient (Wildman–Crippen LogP) is 3.16. The summed E-state index contributed by atoms with van der Waals surface area (Å²) < 4.78 is 13.9. The molecule has 3 atom stereocenters. The molecule has 0 N–H and O–H groups in total. The second-order valence-corrected chi connectivity index (χ2v) is 7.66. The van der Waals surface area contributed by atoms with Gasteiger partial charge in [0, 0.05) is 11.6 Å². The summed E-state index contributed by atoms with van der Waals surface area (Å²) in [5.74, 6) is 0. The third-order valence-electron chi connectivity index (χ3n) is 2.56. The van der Waals surface area contributed by atoms with Crippen LogP contribution < -0.4 is 0 Å². The van der Waals surface area contributed by atoms with Gasteiger partial charge < -0.3 is 0 Å². The minimum absolute atomic E-state index is 0.179. The van der Waals surface area contributed by atoms with Crippen molar-refractivity contribution in [1.29, 1.82) is 0 Å². The maximum Gasteiger partial charge on any atom is 0.100 e. The topological polar surface area (TPSA) is 20.1 Å². The van der Waals surface area contributed by atoms with Crippen LogP contribution in [0.2, 0.25) is 5.02 Å². The Hall–Kier alpha value is -0.380. The predicted molar refractivity (Wildman–Crippen MR) is 68.8 cm³/mol. The minimum atomic E-state index is -0.913. The Bertz CT molecular complexity index is 410. The van der Waals surface area contributed by atoms with Crippen molar-refractivity contribution in [3.05, 3.63) is 34.9 Å². The van der Waals surface area contributed by atoms with Gasteiger partial charge in [-0.3, -0.25) is 0 Å². The molecule has 1 aliphatic heterocycles. The molecule has 1 aliphatic rings. The van der Waals surface area contributed by atoms with Crippen LogP contribution in [0.3, 0.4) is 0 Å². The van der Waals surface area contributed by atoms with Crippen LogP contribution in [0.1, 0.15) is 32.4 Å². The molecular weight excluding hydrogens is 242 g/mol. The first kappa shape index (κ1) is 12.1. The highest BCUT2D eigenvalue weighted by Crippen LogP contribution is 2.39. The van der Waals surface area contributed by atoms with Crippen molar-refractivity contribution in [2.75, 3.05) is 6.54 Å². The van der Waals surface area contributed by atoms with E-state index in [1.807, 2.05) is 49.3 Å². The van der Waals surface area contributed by atoms with Crippen molar-refractivity contribution in [2.45, 2.75) is 31.6 Å². The van der Waals surface area contributed by atoms with E-state index >= 15 is 0 Å². The third-order valence-corrected chi connectivity index (χ3v) is 4.69. The molecule has 4 heteroatoms. The Morgan fingerprint density at radius 1 is 1.31 bits per heavy atom. The summed E-state index contributed by atoms with van der Waals surface area (Å²) in [4.78, 5) is 0. The lowest BCUT2D eigenvalue weighted by molar-refractivity contribution is 0.607. The van der Waals surface area contributed by atoms with Crippen LogP contribution in [0.25, 0.3) is 0 Å². The number of nitrogens with zero attached hydrogens (tertiary/aromatic N) is 1. The summed E-state index contributed by atoms with van der Waals surface area (Å²) in [6.45, 7) is 6.88. The number of halogens is 1. The quantitative estimate of drug-likeness (QED) is 0.746. The zero-order valence-electron chi connectivity index (χ0n) is 9.74. The summed E-state index contributed by atoms with van der Waals surface area (Å²) in [6.07, 6.45) is 0. The lowest BCUT2D eigenvalue weighted by atomic mass is 10.2. The van der Waals surface area contributed by atoms with Crippen LogP contribution in [-0.4, -0.2) is 19.8 Å². The van der Waals surface area contributed by atoms with Gasteiger partial charge in [0.15, 0.2) is 0 Å². The molecule has 1 aromatic carbocycles. The summed E-state index contributed by atoms with van der Waals surface area (Å²) >= 11 is 5.83. The molecule has 0 spiro atoms. The van der Waals surface area contributed by atoms with Crippen LogP contribution >= 0.6 is 11.6 Å². The number of hydrogen-bond donors (Lipinski definition) is 0. The Morgan fingerprint density at radius 2 is 1.88 bits per heavy atom. The molecule has 1 saturated heterocycles. The molecule has 0 amide bonds. The number of hydrogen-bond acceptors (Lipinski definition) is 1. The zero-order valence-corrected chi connectivity index (χ0v) is 11.3. The Labute approximate surface area is 104 Å². The van der Waals surface area contributed by atoms with Gasteiger partial charge in [-0.05, 0) is 38.5 Å². The second-order valence-electron chi connectivity index (χ2n) is 5.03. The first-order valence-corrected chi connectivity index (χ1v) is 6.82. The van der Waals surface area contributed by atoms with E-state index in [0.29, 0.717) is 6.04 Å². The molecule has 1 fully saturated rings. The van der Waals surface area contributed by atoms with Crippen molar-refractivity contribution in [3.63, 3.8) is 0 Å². The molecule has 16 heavy (non-hydrogen) atoms. The molecule has 0 aromatic heterocycles. The molecule has 88 valence electrons. The minimum Gasteiger partial charge on any atom is -0.242 e. The molecule has 0 radical (unpaired) electrons. The van der Waals surface area contributed by atoms with Crippen LogP contribution in [0.15, 0.2) is 24.3 Å². The van der Waals surface area contributed by atoms with Crippen molar-refractivity contribution in [2.24, 2.45) is 0 Å². The van der Waals surface area contributed by atoms with E-state index in [9.17, 15) is 4.21 Å². The maximum absolute atomic E-state index is 12.1. The average Bonchev–Trinajstić information content (AvgIpc) is 2.96. The Balaban J connectivity index is 2.07. The first-order chi connectivity index (χ1) is 7.39. The van der Waals surface area contributed by atoms with Gasteiger partial charge in [0.1, 0.15) is 11.0 Å². The lowest BCUT2D eigenvalue weighted by Gasteiger charge is -2.18. The number of rotatable bonds is 2. The Kier molecular flexibility index (Phi) is 3.12. The summed E-state index contributed by atoms with van der Waals surface area (Å²) in [7, 11) is -0.913. The fourth-order valence-electron chi connectivity index (χ4n) is 1.61. The summed E-state index contributed by atoms with van der Waals surface area (Å²) in [5, 5.41) is 0.743. The molecule has 0 saturated carbocycles. The van der Waals surface area contributed by atoms with E-state index in [0.717, 1.165) is 11.6 Å². The second kappa shape index (κ2) is 4.13. The normalized spacial score (nSPS) is 26.5. The van der Waals surface area contributed by atoms with E-state index in [-0.39, 0.29) is 4.75 Å². The molecule has 1 heterocycles. The Morgan fingerprint density at radius 3 is 2.38 bits per heavy atom. The highest BCUT2D eigenvalue weighted by Gasteiger charge is 2.43. The van der Waals surface area contributed by atoms with E-state index in [1.54, 1.807) is 0 Å². The smallest absolute Gasteiger partial charge is 0.100 e. The summed E-state index contributed by atoms with van der Waals surface area (Å²) in [6, 6.07) is 8.08. The van der Waals surface area contributed by atoms with E-state index < -0.39 is 11.0 Å². The van der Waals surface area contributed by atoms with E-state index in [1.165, 1.54) is 5.56 Å². The van der Waals surface area contributed by atoms with Gasteiger partial charge in [-0.25, -0.2) is 8.51 Å². The standard InChI is InChI=1S/C12H16ClNOS/c1-12(2,3)16(15)14-8-11(14)9-4-6-10(13)7-5-9/h4-7,11H,8H2,1-3H3/t11-,14?,16+/m0/s1. The lowest BCUT2D eigenvalue weighted by Crippen LogP contribution is -2.27. The highest BCUT2D eigenvalue weighted by molar-refractivity contribution is 7.84. The van der Waals surface area contributed by atoms with Crippen molar-refractivity contribution < 1.29 is 4.21 Å². The van der Waals surface area contributed by atoms with Crippen LogP contribution in [-0.2, 0) is 11.0 Å². The van der Waals surface area contributed by atoms with Gasteiger partial charge in [-0.15, -0.1) is 0 Å². The van der Waals surface area contributed by atoms with Gasteiger partial charge in [0.05, 0.1) is 10.8 Å². The van der Waals surface area contributed by atoms with Crippen LogP contribution in [0.4, 0.5) is 0 Å². The fraction of sp³-hybridized carbons (Fsp3) is 0.500. The van der Waals surface area contributed by atoms with Gasteiger partial charge in [-0.2, -0.15) is 0 Å². The fourth-order valence-corrected chi connectivity index (χ4v) is 3.07. The third kappa shape index (κ3) is 2.47. The largest absolute Gasteiger partial charge is 0.242 e. The number of benzene rings is 1. The first-order valence-electron chi connectivity index (χ1n) is 5.34. The van der Waals surface area contributed by atoms with Gasteiger partial charge in [0.2, 0.25) is 0 Å². The zero-order chi connectivity index (χ0) is 11.9. The van der Waals surface area contributed by atoms with E-state index in [4.69, 9.17) is 11.6 Å². The van der Waals surface area contributed by atoms with Gasteiger partial charge in [-0.1, -0.05) is 23.7 Å². The molecular formula is C12H16ClNOS. The van der Waals surface area contributed by atoms with Crippen molar-refractivity contribution >= 4 is 22.6 Å². The van der Waals surface area contributed by atoms with Crippen LogP contribution in [0.5, 0.6) is 0 Å². The molecule has 0 bridgehead atoms. The summed E-state index contributed by atoms with van der Waals surface area (Å²) in [5.41, 5.74) is 1.20. The van der Waals surface area contributed by atoms with Crippen LogP contribution in [0, 0.1) is 0 Å². The van der Waals surface area contributed by atoms with Crippen molar-refractivity contribution in [1.82, 2.24) is 4.31 Å². The van der Waals surface area contributed by atoms with Gasteiger partial charge >= 0.3 is 0 Å². The van der Waals surface area contributed by atoms with Gasteiger partial charge in [0.25, 0.3) is 0 Å². The molecule has 2 nitrogen and oxygen atoms in total. The monoisotopic (exact) mass is 257 g/mol. The molecule has 1 unspecified atom stereocenters. The van der Waals surface area contributed by atoms with E-state index in [2.05, 4.69) is 0 Å². The SMILES string of the molecule is CC(C)(C)[S@@](=O)N1C[C@H]1c1ccc(Cl)cc1. The highest BCUT2D eigenvalue weighted by atomic mass is 35.5. The molecule has 0 aliphatic carbocycles. The molecule has 2 rings (SSSR count). The average molecular weight is 258 g/mol. The molecule has 1 aromatic rings. The maximum atomic E-state index is 12.1. The van der Waals surface area contributed by atoms with Crippen molar-refractivity contribution in [3.8, 4) is 0 Å².